The van der Waals surface area contributed by atoms with Crippen molar-refractivity contribution in [1.82, 2.24) is 4.98 Å². The van der Waals surface area contributed by atoms with Gasteiger partial charge < -0.3 is 0 Å². The van der Waals surface area contributed by atoms with E-state index >= 15 is 0 Å². The lowest BCUT2D eigenvalue weighted by atomic mass is 10.1. The SMILES string of the molecule is C1=C(c2ccc3ccccc3n2)Cc2ccccc21. The van der Waals surface area contributed by atoms with Gasteiger partial charge in [-0.25, -0.2) is 4.98 Å². The maximum absolute atomic E-state index is 4.77. The minimum Gasteiger partial charge on any atom is -0.248 e. The average Bonchev–Trinajstić information content (AvgIpc) is 2.90. The van der Waals surface area contributed by atoms with E-state index in [-0.39, 0.29) is 0 Å². The van der Waals surface area contributed by atoms with E-state index in [0.29, 0.717) is 0 Å². The van der Waals surface area contributed by atoms with Gasteiger partial charge in [0.25, 0.3) is 0 Å². The van der Waals surface area contributed by atoms with E-state index in [0.717, 1.165) is 17.6 Å². The van der Waals surface area contributed by atoms with E-state index in [1.165, 1.54) is 22.1 Å². The van der Waals surface area contributed by atoms with Crippen molar-refractivity contribution in [1.29, 1.82) is 0 Å². The molecule has 0 N–H and O–H groups in total. The maximum atomic E-state index is 4.77. The fourth-order valence-electron chi connectivity index (χ4n) is 2.69. The van der Waals surface area contributed by atoms with Gasteiger partial charge in [0, 0.05) is 11.8 Å². The molecule has 1 aliphatic rings. The molecular formula is C18H13N. The van der Waals surface area contributed by atoms with Crippen LogP contribution >= 0.6 is 0 Å². The third kappa shape index (κ3) is 1.75. The first-order valence-electron chi connectivity index (χ1n) is 6.55. The Morgan fingerprint density at radius 2 is 1.63 bits per heavy atom. The number of aromatic nitrogens is 1. The summed E-state index contributed by atoms with van der Waals surface area (Å²) in [5, 5.41) is 1.20. The zero-order valence-corrected chi connectivity index (χ0v) is 10.5. The second kappa shape index (κ2) is 4.06. The number of fused-ring (bicyclic) bond motifs is 2. The monoisotopic (exact) mass is 243 g/mol. The predicted octanol–water partition coefficient (Wildman–Crippen LogP) is 4.33. The topological polar surface area (TPSA) is 12.9 Å². The minimum absolute atomic E-state index is 0.988. The molecule has 0 unspecified atom stereocenters. The maximum Gasteiger partial charge on any atom is 0.0709 e. The van der Waals surface area contributed by atoms with Gasteiger partial charge in [-0.3, -0.25) is 0 Å². The third-order valence-electron chi connectivity index (χ3n) is 3.69. The molecule has 1 heteroatoms. The van der Waals surface area contributed by atoms with Gasteiger partial charge >= 0.3 is 0 Å². The lowest BCUT2D eigenvalue weighted by molar-refractivity contribution is 1.26. The average molecular weight is 243 g/mol. The summed E-state index contributed by atoms with van der Waals surface area (Å²) in [6.07, 6.45) is 3.24. The predicted molar refractivity (Wildman–Crippen MR) is 79.8 cm³/mol. The molecule has 1 nitrogen and oxygen atoms in total. The van der Waals surface area contributed by atoms with Crippen molar-refractivity contribution in [3.8, 4) is 0 Å². The summed E-state index contributed by atoms with van der Waals surface area (Å²) >= 11 is 0. The van der Waals surface area contributed by atoms with Gasteiger partial charge in [0.2, 0.25) is 0 Å². The minimum atomic E-state index is 0.988. The lowest BCUT2D eigenvalue weighted by Crippen LogP contribution is -1.90. The number of hydrogen-bond acceptors (Lipinski definition) is 1. The second-order valence-corrected chi connectivity index (χ2v) is 4.93. The van der Waals surface area contributed by atoms with Gasteiger partial charge in [-0.05, 0) is 34.9 Å². The number of hydrogen-bond donors (Lipinski definition) is 0. The van der Waals surface area contributed by atoms with E-state index in [9.17, 15) is 0 Å². The van der Waals surface area contributed by atoms with Crippen LogP contribution in [0.3, 0.4) is 0 Å². The van der Waals surface area contributed by atoms with Gasteiger partial charge in [0.05, 0.1) is 11.2 Å². The first-order chi connectivity index (χ1) is 9.40. The van der Waals surface area contributed by atoms with Crippen LogP contribution in [0.4, 0.5) is 0 Å². The fraction of sp³-hybridized carbons (Fsp3) is 0.0556. The number of nitrogens with zero attached hydrogens (tertiary/aromatic N) is 1. The summed E-state index contributed by atoms with van der Waals surface area (Å²) in [6.45, 7) is 0. The van der Waals surface area contributed by atoms with E-state index < -0.39 is 0 Å². The van der Waals surface area contributed by atoms with Crippen molar-refractivity contribution in [2.45, 2.75) is 6.42 Å². The van der Waals surface area contributed by atoms with E-state index in [4.69, 9.17) is 4.98 Å². The molecule has 0 saturated heterocycles. The highest BCUT2D eigenvalue weighted by molar-refractivity contribution is 5.89. The van der Waals surface area contributed by atoms with Gasteiger partial charge in [-0.2, -0.15) is 0 Å². The Labute approximate surface area is 112 Å². The molecule has 90 valence electrons. The van der Waals surface area contributed by atoms with E-state index in [1.807, 2.05) is 12.1 Å². The highest BCUT2D eigenvalue weighted by atomic mass is 14.7. The number of pyridine rings is 1. The second-order valence-electron chi connectivity index (χ2n) is 4.93. The summed E-state index contributed by atoms with van der Waals surface area (Å²) in [4.78, 5) is 4.77. The Balaban J connectivity index is 1.81. The van der Waals surface area contributed by atoms with Crippen molar-refractivity contribution in [3.05, 3.63) is 77.5 Å². The quantitative estimate of drug-likeness (QED) is 0.620. The Kier molecular flexibility index (Phi) is 2.25. The normalized spacial score (nSPS) is 13.4. The van der Waals surface area contributed by atoms with Crippen molar-refractivity contribution < 1.29 is 0 Å². The summed E-state index contributed by atoms with van der Waals surface area (Å²) in [7, 11) is 0. The molecule has 0 aliphatic heterocycles. The van der Waals surface area contributed by atoms with Crippen molar-refractivity contribution >= 4 is 22.6 Å². The molecule has 19 heavy (non-hydrogen) atoms. The van der Waals surface area contributed by atoms with Crippen LogP contribution in [0.15, 0.2) is 60.7 Å². The van der Waals surface area contributed by atoms with Crippen LogP contribution in [-0.2, 0) is 6.42 Å². The standard InChI is InChI=1S/C18H13N/c1-2-7-15-12-16(11-14(15)6-1)18-10-9-13-5-3-4-8-17(13)19-18/h1-11H,12H2. The first-order valence-corrected chi connectivity index (χ1v) is 6.55. The van der Waals surface area contributed by atoms with Crippen molar-refractivity contribution in [2.75, 3.05) is 0 Å². The van der Waals surface area contributed by atoms with Crippen LogP contribution in [0.5, 0.6) is 0 Å². The molecule has 4 rings (SSSR count). The Bertz CT molecular complexity index is 799. The first kappa shape index (κ1) is 10.5. The van der Waals surface area contributed by atoms with Crippen LogP contribution in [0, 0.1) is 0 Å². The largest absolute Gasteiger partial charge is 0.248 e. The number of allylic oxidation sites excluding steroid dienone is 1. The van der Waals surface area contributed by atoms with Gasteiger partial charge in [-0.1, -0.05) is 48.5 Å². The molecule has 3 aromatic rings. The summed E-state index contributed by atoms with van der Waals surface area (Å²) in [6, 6.07) is 21.1. The molecule has 1 heterocycles. The van der Waals surface area contributed by atoms with Crippen LogP contribution in [0.25, 0.3) is 22.6 Å². The summed E-state index contributed by atoms with van der Waals surface area (Å²) in [5.74, 6) is 0. The van der Waals surface area contributed by atoms with E-state index in [1.54, 1.807) is 0 Å². The number of benzene rings is 2. The molecule has 0 amide bonds. The van der Waals surface area contributed by atoms with Crippen molar-refractivity contribution in [3.63, 3.8) is 0 Å². The summed E-state index contributed by atoms with van der Waals surface area (Å²) in [5.41, 5.74) is 6.19. The Morgan fingerprint density at radius 3 is 2.58 bits per heavy atom. The number of rotatable bonds is 1. The van der Waals surface area contributed by atoms with Gasteiger partial charge in [0.15, 0.2) is 0 Å². The van der Waals surface area contributed by atoms with E-state index in [2.05, 4.69) is 54.6 Å². The van der Waals surface area contributed by atoms with Gasteiger partial charge in [0.1, 0.15) is 0 Å². The molecule has 1 aliphatic carbocycles. The Hall–Kier alpha value is -2.41. The zero-order chi connectivity index (χ0) is 12.7. The third-order valence-corrected chi connectivity index (χ3v) is 3.69. The molecule has 0 bridgehead atoms. The number of para-hydroxylation sites is 1. The van der Waals surface area contributed by atoms with Gasteiger partial charge in [-0.15, -0.1) is 0 Å². The fourth-order valence-corrected chi connectivity index (χ4v) is 2.69. The van der Waals surface area contributed by atoms with Crippen LogP contribution in [0.1, 0.15) is 16.8 Å². The molecule has 1 aromatic heterocycles. The molecule has 0 atom stereocenters. The lowest BCUT2D eigenvalue weighted by Gasteiger charge is -2.03. The highest BCUT2D eigenvalue weighted by Gasteiger charge is 2.14. The van der Waals surface area contributed by atoms with Crippen LogP contribution in [-0.4, -0.2) is 4.98 Å². The Morgan fingerprint density at radius 1 is 0.789 bits per heavy atom. The molecular weight excluding hydrogens is 230 g/mol. The molecule has 0 fully saturated rings. The molecule has 0 radical (unpaired) electrons. The molecule has 2 aromatic carbocycles. The van der Waals surface area contributed by atoms with Crippen LogP contribution in [0.2, 0.25) is 0 Å². The molecule has 0 spiro atoms. The zero-order valence-electron chi connectivity index (χ0n) is 10.5. The summed E-state index contributed by atoms with van der Waals surface area (Å²) < 4.78 is 0. The van der Waals surface area contributed by atoms with Crippen LogP contribution < -0.4 is 0 Å². The highest BCUT2D eigenvalue weighted by Crippen LogP contribution is 2.31. The smallest absolute Gasteiger partial charge is 0.0709 e. The molecule has 0 saturated carbocycles. The van der Waals surface area contributed by atoms with Crippen molar-refractivity contribution in [2.24, 2.45) is 0 Å².